The maximum absolute atomic E-state index is 7.02. The Balaban J connectivity index is 1.10. The van der Waals surface area contributed by atoms with Crippen molar-refractivity contribution in [1.82, 2.24) is 14.1 Å². The molecule has 9 aromatic rings. The number of nitrogens with zero attached hydrogens (tertiary/aromatic N) is 5. The molecule has 0 amide bonds. The fourth-order valence-electron chi connectivity index (χ4n) is 8.92. The maximum atomic E-state index is 7.02. The lowest BCUT2D eigenvalue weighted by atomic mass is 9.80. The van der Waals surface area contributed by atoms with E-state index in [4.69, 9.17) is 9.72 Å². The van der Waals surface area contributed by atoms with Gasteiger partial charge < -0.3 is 19.1 Å². The molecule has 3 aromatic heterocycles. The summed E-state index contributed by atoms with van der Waals surface area (Å²) in [7, 11) is 0. The molecule has 0 saturated carbocycles. The minimum Gasteiger partial charge on any atom is -0.457 e. The molecule has 1 aliphatic rings. The van der Waals surface area contributed by atoms with E-state index in [2.05, 4.69) is 233 Å². The summed E-state index contributed by atoms with van der Waals surface area (Å²) >= 11 is 0. The molecule has 10 rings (SSSR count). The molecule has 6 heteroatoms. The number of aromatic nitrogens is 3. The molecule has 0 fully saturated rings. The number of fused-ring (bicyclic) bond motifs is 6. The molecule has 62 heavy (non-hydrogen) atoms. The molecular weight excluding hydrogens is 759 g/mol. The van der Waals surface area contributed by atoms with Gasteiger partial charge in [-0.15, -0.1) is 0 Å². The second-order valence-electron chi connectivity index (χ2n) is 20.0. The number of benzene rings is 6. The minimum atomic E-state index is -0.0167. The van der Waals surface area contributed by atoms with Crippen LogP contribution in [0.5, 0.6) is 11.5 Å². The van der Waals surface area contributed by atoms with Crippen molar-refractivity contribution in [2.75, 3.05) is 16.5 Å². The first-order chi connectivity index (χ1) is 29.6. The number of para-hydroxylation sites is 3. The van der Waals surface area contributed by atoms with Gasteiger partial charge in [0.05, 0.1) is 34.4 Å². The number of ether oxygens (including phenoxy) is 1. The first kappa shape index (κ1) is 39.4. The van der Waals surface area contributed by atoms with Crippen LogP contribution in [-0.2, 0) is 16.2 Å². The Kier molecular flexibility index (Phi) is 9.15. The van der Waals surface area contributed by atoms with Crippen LogP contribution in [0.2, 0.25) is 0 Å². The molecule has 1 aliphatic heterocycles. The number of pyridine rings is 1. The van der Waals surface area contributed by atoms with Crippen LogP contribution in [0.4, 0.5) is 11.4 Å². The summed E-state index contributed by atoms with van der Waals surface area (Å²) in [6, 6.07) is 50.5. The third-order valence-corrected chi connectivity index (χ3v) is 12.5. The average Bonchev–Trinajstić information content (AvgIpc) is 3.96. The van der Waals surface area contributed by atoms with Gasteiger partial charge in [0.25, 0.3) is 0 Å². The standard InChI is InChI=1S/C56H55N5O/c1-54(2,3)37-24-25-57-53(31-37)61-51-21-15-12-18-47(51)48-23-22-43(35-52(48)61)62-44-33-41(32-42(34-44)60-49-19-13-10-16-45(49)46-17-11-14-20-50(46)60)59-27-26-58(36-59)40-29-38(55(4,5)6)28-39(30-40)56(7,8)9/h10-35H,36H2,1-9H3. The number of hydrogen-bond donors (Lipinski definition) is 0. The summed E-state index contributed by atoms with van der Waals surface area (Å²) < 4.78 is 11.7. The molecule has 310 valence electrons. The smallest absolute Gasteiger partial charge is 0.137 e. The van der Waals surface area contributed by atoms with E-state index >= 15 is 0 Å². The van der Waals surface area contributed by atoms with Crippen LogP contribution in [0.3, 0.4) is 0 Å². The van der Waals surface area contributed by atoms with E-state index in [1.807, 2.05) is 6.20 Å². The molecule has 0 N–H and O–H groups in total. The van der Waals surface area contributed by atoms with Crippen molar-refractivity contribution in [2.45, 2.75) is 78.6 Å². The minimum absolute atomic E-state index is 0.0167. The fraction of sp³-hybridized carbons (Fsp3) is 0.232. The van der Waals surface area contributed by atoms with Gasteiger partial charge >= 0.3 is 0 Å². The van der Waals surface area contributed by atoms with Gasteiger partial charge in [0, 0.05) is 69.7 Å². The lowest BCUT2D eigenvalue weighted by Gasteiger charge is -2.29. The summed E-state index contributed by atoms with van der Waals surface area (Å²) in [6.45, 7) is 21.2. The summed E-state index contributed by atoms with van der Waals surface area (Å²) in [5.41, 5.74) is 11.7. The predicted octanol–water partition coefficient (Wildman–Crippen LogP) is 14.7. The molecular formula is C56H55N5O. The van der Waals surface area contributed by atoms with Crippen molar-refractivity contribution in [2.24, 2.45) is 0 Å². The van der Waals surface area contributed by atoms with Gasteiger partial charge in [-0.05, 0) is 93.6 Å². The van der Waals surface area contributed by atoms with E-state index in [9.17, 15) is 0 Å². The quantitative estimate of drug-likeness (QED) is 0.168. The Morgan fingerprint density at radius 3 is 1.48 bits per heavy atom. The van der Waals surface area contributed by atoms with Crippen LogP contribution >= 0.6 is 0 Å². The Bertz CT molecular complexity index is 3130. The van der Waals surface area contributed by atoms with Gasteiger partial charge in [-0.3, -0.25) is 4.57 Å². The highest BCUT2D eigenvalue weighted by molar-refractivity contribution is 6.10. The third-order valence-electron chi connectivity index (χ3n) is 12.5. The van der Waals surface area contributed by atoms with Crippen LogP contribution < -0.4 is 14.5 Å². The first-order valence-electron chi connectivity index (χ1n) is 21.8. The largest absolute Gasteiger partial charge is 0.457 e. The van der Waals surface area contributed by atoms with E-state index in [1.165, 1.54) is 38.5 Å². The molecule has 0 atom stereocenters. The van der Waals surface area contributed by atoms with Crippen LogP contribution in [0.25, 0.3) is 55.1 Å². The molecule has 0 unspecified atom stereocenters. The van der Waals surface area contributed by atoms with Gasteiger partial charge in [-0.2, -0.15) is 0 Å². The van der Waals surface area contributed by atoms with E-state index in [0.717, 1.165) is 56.1 Å². The highest BCUT2D eigenvalue weighted by Crippen LogP contribution is 2.41. The molecule has 4 heterocycles. The Labute approximate surface area is 365 Å². The highest BCUT2D eigenvalue weighted by Gasteiger charge is 2.25. The highest BCUT2D eigenvalue weighted by atomic mass is 16.5. The zero-order chi connectivity index (χ0) is 43.1. The lowest BCUT2D eigenvalue weighted by Crippen LogP contribution is -2.26. The zero-order valence-electron chi connectivity index (χ0n) is 37.4. The monoisotopic (exact) mass is 813 g/mol. The lowest BCUT2D eigenvalue weighted by molar-refractivity contribution is 0.483. The Morgan fingerprint density at radius 1 is 0.419 bits per heavy atom. The third kappa shape index (κ3) is 6.97. The Morgan fingerprint density at radius 2 is 0.919 bits per heavy atom. The van der Waals surface area contributed by atoms with Crippen LogP contribution in [-0.4, -0.2) is 20.8 Å². The number of anilines is 2. The van der Waals surface area contributed by atoms with Crippen LogP contribution in [0, 0.1) is 0 Å². The fourth-order valence-corrected chi connectivity index (χ4v) is 8.92. The van der Waals surface area contributed by atoms with Gasteiger partial charge in [0.2, 0.25) is 0 Å². The summed E-state index contributed by atoms with van der Waals surface area (Å²) in [4.78, 5) is 9.59. The zero-order valence-corrected chi connectivity index (χ0v) is 37.4. The topological polar surface area (TPSA) is 38.5 Å². The molecule has 0 radical (unpaired) electrons. The van der Waals surface area contributed by atoms with E-state index in [0.29, 0.717) is 6.67 Å². The number of rotatable bonds is 6. The van der Waals surface area contributed by atoms with E-state index in [1.54, 1.807) is 0 Å². The van der Waals surface area contributed by atoms with E-state index in [-0.39, 0.29) is 16.2 Å². The van der Waals surface area contributed by atoms with Gasteiger partial charge in [-0.1, -0.05) is 123 Å². The van der Waals surface area contributed by atoms with Crippen LogP contribution in [0.1, 0.15) is 79.0 Å². The van der Waals surface area contributed by atoms with Crippen molar-refractivity contribution in [1.29, 1.82) is 0 Å². The molecule has 0 saturated heterocycles. The molecule has 0 aliphatic carbocycles. The summed E-state index contributed by atoms with van der Waals surface area (Å²) in [5.74, 6) is 2.40. The summed E-state index contributed by atoms with van der Waals surface area (Å²) in [6.07, 6.45) is 6.33. The average molecular weight is 814 g/mol. The maximum Gasteiger partial charge on any atom is 0.137 e. The van der Waals surface area contributed by atoms with Gasteiger partial charge in [0.15, 0.2) is 0 Å². The van der Waals surface area contributed by atoms with Gasteiger partial charge in [-0.25, -0.2) is 4.98 Å². The SMILES string of the molecule is CC(C)(C)c1cc(N2C=CN(c3cc(Oc4ccc5c6ccccc6n(-c6cc(C(C)(C)C)ccn6)c5c4)cc(-n4c5ccccc5c5ccccc54)c3)C2)cc(C(C)(C)C)c1. The Hall–Kier alpha value is -6.79. The van der Waals surface area contributed by atoms with Crippen molar-refractivity contribution in [3.63, 3.8) is 0 Å². The number of hydrogen-bond acceptors (Lipinski definition) is 4. The molecule has 6 aromatic carbocycles. The second-order valence-corrected chi connectivity index (χ2v) is 20.0. The van der Waals surface area contributed by atoms with Crippen molar-refractivity contribution >= 4 is 55.0 Å². The van der Waals surface area contributed by atoms with E-state index < -0.39 is 0 Å². The normalized spacial score (nSPS) is 13.7. The molecule has 6 nitrogen and oxygen atoms in total. The predicted molar refractivity (Wildman–Crippen MR) is 261 cm³/mol. The van der Waals surface area contributed by atoms with Crippen molar-refractivity contribution in [3.05, 3.63) is 175 Å². The van der Waals surface area contributed by atoms with Gasteiger partial charge in [0.1, 0.15) is 17.3 Å². The van der Waals surface area contributed by atoms with Crippen molar-refractivity contribution < 1.29 is 4.74 Å². The molecule has 0 bridgehead atoms. The summed E-state index contributed by atoms with van der Waals surface area (Å²) in [5, 5.41) is 4.78. The molecule has 0 spiro atoms. The first-order valence-corrected chi connectivity index (χ1v) is 21.8. The second kappa shape index (κ2) is 14.4. The van der Waals surface area contributed by atoms with Crippen molar-refractivity contribution in [3.8, 4) is 23.0 Å². The van der Waals surface area contributed by atoms with Crippen LogP contribution in [0.15, 0.2) is 158 Å².